The smallest absolute Gasteiger partial charge is 0.191 e. The Kier molecular flexibility index (Phi) is 6.06. The fraction of sp³-hybridized carbons (Fsp3) is 0.150. The molecule has 0 atom stereocenters. The maximum absolute atomic E-state index is 13.1. The standard InChI is InChI=1S/C20H19ClFN5S/c1-12-5-4-6-18(13(12)2)24-20(28)25-23-11-17-14(3)26-27(19(17)21)16-9-7-15(22)8-10-16/h4-11H,1-3H3,(H2,24,25,28). The molecule has 0 aliphatic carbocycles. The molecule has 0 fully saturated rings. The van der Waals surface area contributed by atoms with Gasteiger partial charge >= 0.3 is 0 Å². The van der Waals surface area contributed by atoms with Gasteiger partial charge in [0, 0.05) is 5.69 Å². The van der Waals surface area contributed by atoms with Crippen LogP contribution in [-0.2, 0) is 0 Å². The first-order valence-electron chi connectivity index (χ1n) is 8.54. The number of nitrogens with zero attached hydrogens (tertiary/aromatic N) is 3. The third kappa shape index (κ3) is 4.37. The summed E-state index contributed by atoms with van der Waals surface area (Å²) >= 11 is 11.7. The summed E-state index contributed by atoms with van der Waals surface area (Å²) < 4.78 is 14.7. The summed E-state index contributed by atoms with van der Waals surface area (Å²) in [6.45, 7) is 5.88. The van der Waals surface area contributed by atoms with Crippen LogP contribution in [0.2, 0.25) is 5.15 Å². The van der Waals surface area contributed by atoms with Gasteiger partial charge in [-0.15, -0.1) is 0 Å². The molecule has 0 aliphatic heterocycles. The predicted octanol–water partition coefficient (Wildman–Crippen LogP) is 4.91. The normalized spacial score (nSPS) is 11.0. The Morgan fingerprint density at radius 1 is 1.18 bits per heavy atom. The van der Waals surface area contributed by atoms with Crippen LogP contribution in [0.5, 0.6) is 0 Å². The molecule has 3 rings (SSSR count). The molecule has 0 amide bonds. The van der Waals surface area contributed by atoms with E-state index in [2.05, 4.69) is 20.9 Å². The molecule has 2 N–H and O–H groups in total. The zero-order chi connectivity index (χ0) is 20.3. The monoisotopic (exact) mass is 415 g/mol. The first-order chi connectivity index (χ1) is 13.4. The van der Waals surface area contributed by atoms with E-state index in [0.29, 0.717) is 27.2 Å². The molecule has 0 aliphatic rings. The van der Waals surface area contributed by atoms with Crippen molar-refractivity contribution in [2.45, 2.75) is 20.8 Å². The number of aryl methyl sites for hydroxylation is 2. The Morgan fingerprint density at radius 2 is 1.89 bits per heavy atom. The maximum Gasteiger partial charge on any atom is 0.191 e. The third-order valence-electron chi connectivity index (χ3n) is 4.33. The molecule has 1 heterocycles. The third-order valence-corrected chi connectivity index (χ3v) is 4.89. The van der Waals surface area contributed by atoms with E-state index in [0.717, 1.165) is 11.3 Å². The maximum atomic E-state index is 13.1. The summed E-state index contributed by atoms with van der Waals surface area (Å²) in [4.78, 5) is 0. The van der Waals surface area contributed by atoms with Gasteiger partial charge in [0.05, 0.1) is 23.2 Å². The van der Waals surface area contributed by atoms with E-state index >= 15 is 0 Å². The van der Waals surface area contributed by atoms with Crippen molar-refractivity contribution in [3.63, 3.8) is 0 Å². The Labute approximate surface area is 173 Å². The Hall–Kier alpha value is -2.77. The molecular formula is C20H19ClFN5S. The zero-order valence-corrected chi connectivity index (χ0v) is 17.2. The number of benzene rings is 2. The van der Waals surface area contributed by atoms with Crippen molar-refractivity contribution < 1.29 is 4.39 Å². The summed E-state index contributed by atoms with van der Waals surface area (Å²) in [6.07, 6.45) is 1.56. The van der Waals surface area contributed by atoms with Crippen molar-refractivity contribution >= 4 is 40.8 Å². The van der Waals surface area contributed by atoms with Gasteiger partial charge in [0.15, 0.2) is 5.11 Å². The number of thiocarbonyl (C=S) groups is 1. The van der Waals surface area contributed by atoms with Gasteiger partial charge in [-0.3, -0.25) is 5.43 Å². The average molecular weight is 416 g/mol. The second-order valence-electron chi connectivity index (χ2n) is 6.25. The molecule has 8 heteroatoms. The van der Waals surface area contributed by atoms with E-state index in [1.54, 1.807) is 18.3 Å². The highest BCUT2D eigenvalue weighted by molar-refractivity contribution is 7.80. The average Bonchev–Trinajstić information content (AvgIpc) is 2.94. The minimum atomic E-state index is -0.320. The van der Waals surface area contributed by atoms with Crippen LogP contribution in [0.1, 0.15) is 22.4 Å². The van der Waals surface area contributed by atoms with Gasteiger partial charge in [0.1, 0.15) is 11.0 Å². The molecular weight excluding hydrogens is 397 g/mol. The minimum Gasteiger partial charge on any atom is -0.331 e. The van der Waals surface area contributed by atoms with Crippen LogP contribution in [0.3, 0.4) is 0 Å². The molecule has 5 nitrogen and oxygen atoms in total. The lowest BCUT2D eigenvalue weighted by Crippen LogP contribution is -2.24. The number of anilines is 1. The van der Waals surface area contributed by atoms with Gasteiger partial charge in [-0.2, -0.15) is 10.2 Å². The Bertz CT molecular complexity index is 1040. The van der Waals surface area contributed by atoms with E-state index in [9.17, 15) is 4.39 Å². The van der Waals surface area contributed by atoms with Crippen LogP contribution in [0, 0.1) is 26.6 Å². The Morgan fingerprint density at radius 3 is 2.61 bits per heavy atom. The largest absolute Gasteiger partial charge is 0.331 e. The molecule has 0 radical (unpaired) electrons. The highest BCUT2D eigenvalue weighted by Crippen LogP contribution is 2.22. The molecule has 0 saturated carbocycles. The van der Waals surface area contributed by atoms with Crippen LogP contribution in [-0.4, -0.2) is 21.1 Å². The molecule has 28 heavy (non-hydrogen) atoms. The van der Waals surface area contributed by atoms with Crippen molar-refractivity contribution in [1.29, 1.82) is 0 Å². The molecule has 0 saturated heterocycles. The van der Waals surface area contributed by atoms with E-state index < -0.39 is 0 Å². The fourth-order valence-corrected chi connectivity index (χ4v) is 3.09. The zero-order valence-electron chi connectivity index (χ0n) is 15.6. The van der Waals surface area contributed by atoms with Crippen LogP contribution < -0.4 is 10.7 Å². The van der Waals surface area contributed by atoms with Crippen LogP contribution in [0.25, 0.3) is 5.69 Å². The molecule has 2 aromatic carbocycles. The lowest BCUT2D eigenvalue weighted by molar-refractivity contribution is 0.627. The lowest BCUT2D eigenvalue weighted by atomic mass is 10.1. The van der Waals surface area contributed by atoms with Gasteiger partial charge in [0.2, 0.25) is 0 Å². The van der Waals surface area contributed by atoms with Gasteiger partial charge in [-0.25, -0.2) is 9.07 Å². The summed E-state index contributed by atoms with van der Waals surface area (Å²) in [6, 6.07) is 11.9. The van der Waals surface area contributed by atoms with Crippen LogP contribution >= 0.6 is 23.8 Å². The Balaban J connectivity index is 1.71. The second kappa shape index (κ2) is 8.50. The highest BCUT2D eigenvalue weighted by atomic mass is 35.5. The number of aromatic nitrogens is 2. The minimum absolute atomic E-state index is 0.320. The fourth-order valence-electron chi connectivity index (χ4n) is 2.60. The van der Waals surface area contributed by atoms with E-state index in [1.807, 2.05) is 39.0 Å². The summed E-state index contributed by atoms with van der Waals surface area (Å²) in [5, 5.41) is 12.4. The van der Waals surface area contributed by atoms with Crippen molar-refractivity contribution in [3.05, 3.63) is 75.8 Å². The SMILES string of the molecule is Cc1cccc(NC(=S)NN=Cc2c(C)nn(-c3ccc(F)cc3)c2Cl)c1C. The van der Waals surface area contributed by atoms with Gasteiger partial charge < -0.3 is 5.32 Å². The van der Waals surface area contributed by atoms with Gasteiger partial charge in [-0.05, 0) is 74.4 Å². The quantitative estimate of drug-likeness (QED) is 0.361. The first-order valence-corrected chi connectivity index (χ1v) is 9.32. The molecule has 0 unspecified atom stereocenters. The van der Waals surface area contributed by atoms with E-state index in [4.69, 9.17) is 23.8 Å². The van der Waals surface area contributed by atoms with Crippen molar-refractivity contribution in [2.24, 2.45) is 5.10 Å². The van der Waals surface area contributed by atoms with Gasteiger partial charge in [-0.1, -0.05) is 23.7 Å². The molecule has 1 aromatic heterocycles. The van der Waals surface area contributed by atoms with E-state index in [1.165, 1.54) is 22.4 Å². The summed E-state index contributed by atoms with van der Waals surface area (Å²) in [5.74, 6) is -0.320. The van der Waals surface area contributed by atoms with Crippen LogP contribution in [0.15, 0.2) is 47.6 Å². The number of halogens is 2. The molecule has 144 valence electrons. The second-order valence-corrected chi connectivity index (χ2v) is 7.02. The lowest BCUT2D eigenvalue weighted by Gasteiger charge is -2.11. The molecule has 0 spiro atoms. The predicted molar refractivity (Wildman–Crippen MR) is 116 cm³/mol. The number of hydrogen-bond acceptors (Lipinski definition) is 3. The van der Waals surface area contributed by atoms with Crippen molar-refractivity contribution in [1.82, 2.24) is 15.2 Å². The van der Waals surface area contributed by atoms with Crippen LogP contribution in [0.4, 0.5) is 10.1 Å². The number of rotatable bonds is 4. The molecule has 3 aromatic rings. The van der Waals surface area contributed by atoms with Gasteiger partial charge in [0.25, 0.3) is 0 Å². The number of hydrogen-bond donors (Lipinski definition) is 2. The summed E-state index contributed by atoms with van der Waals surface area (Å²) in [5.41, 5.74) is 7.99. The van der Waals surface area contributed by atoms with Crippen molar-refractivity contribution in [2.75, 3.05) is 5.32 Å². The topological polar surface area (TPSA) is 54.2 Å². The first kappa shape index (κ1) is 20.0. The summed E-state index contributed by atoms with van der Waals surface area (Å²) in [7, 11) is 0. The number of nitrogens with one attached hydrogen (secondary N) is 2. The van der Waals surface area contributed by atoms with E-state index in [-0.39, 0.29) is 5.82 Å². The van der Waals surface area contributed by atoms with Crippen molar-refractivity contribution in [3.8, 4) is 5.69 Å². The molecule has 0 bridgehead atoms. The highest BCUT2D eigenvalue weighted by Gasteiger charge is 2.13. The number of hydrazone groups is 1.